The molecule has 8 aromatic rings. The first-order valence-electron chi connectivity index (χ1n) is 21.6. The Labute approximate surface area is 362 Å². The molecule has 2 aromatic heterocycles. The molecule has 5 nitrogen and oxygen atoms in total. The molecule has 5 heteroatoms. The molecule has 0 saturated carbocycles. The summed E-state index contributed by atoms with van der Waals surface area (Å²) in [5.41, 5.74) is 15.7. The molecule has 0 atom stereocenters. The van der Waals surface area contributed by atoms with Gasteiger partial charge in [0.1, 0.15) is 24.0 Å². The fourth-order valence-electron chi connectivity index (χ4n) is 8.97. The first-order chi connectivity index (χ1) is 28.9. The van der Waals surface area contributed by atoms with Crippen molar-refractivity contribution in [1.29, 1.82) is 0 Å². The maximum atomic E-state index is 6.95. The molecule has 308 valence electrons. The minimum atomic E-state index is -0.106. The van der Waals surface area contributed by atoms with Crippen LogP contribution >= 0.6 is 0 Å². The second kappa shape index (κ2) is 14.7. The monoisotopic (exact) mass is 802 g/mol. The van der Waals surface area contributed by atoms with Crippen LogP contribution < -0.4 is 14.5 Å². The maximum absolute atomic E-state index is 6.95. The zero-order valence-electron chi connectivity index (χ0n) is 37.7. The molecule has 6 aromatic carbocycles. The molecule has 1 aliphatic heterocycles. The number of anilines is 4. The molecule has 0 saturated heterocycles. The van der Waals surface area contributed by atoms with E-state index < -0.39 is 0 Å². The molecular formula is C56H58N4O. The second-order valence-electron chi connectivity index (χ2n) is 20.0. The fraction of sp³-hybridized carbons (Fsp3) is 0.268. The smallest absolute Gasteiger partial charge is 0.138 e. The van der Waals surface area contributed by atoms with E-state index >= 15 is 0 Å². The van der Waals surface area contributed by atoms with Gasteiger partial charge in [0.25, 0.3) is 0 Å². The van der Waals surface area contributed by atoms with E-state index in [0.717, 1.165) is 45.0 Å². The normalized spacial score (nSPS) is 13.4. The maximum Gasteiger partial charge on any atom is 0.138 e. The highest BCUT2D eigenvalue weighted by atomic mass is 16.5. The first kappa shape index (κ1) is 40.1. The van der Waals surface area contributed by atoms with E-state index in [-0.39, 0.29) is 16.2 Å². The van der Waals surface area contributed by atoms with Gasteiger partial charge in [0.15, 0.2) is 0 Å². The zero-order valence-corrected chi connectivity index (χ0v) is 37.7. The van der Waals surface area contributed by atoms with E-state index in [4.69, 9.17) is 9.72 Å². The van der Waals surface area contributed by atoms with Gasteiger partial charge in [0.05, 0.1) is 22.4 Å². The predicted molar refractivity (Wildman–Crippen MR) is 258 cm³/mol. The number of hydrogen-bond acceptors (Lipinski definition) is 4. The molecule has 9 rings (SSSR count). The highest BCUT2D eigenvalue weighted by molar-refractivity contribution is 6.09. The Bertz CT molecular complexity index is 2950. The molecule has 0 aliphatic carbocycles. The van der Waals surface area contributed by atoms with Crippen molar-refractivity contribution >= 4 is 44.6 Å². The van der Waals surface area contributed by atoms with E-state index in [0.29, 0.717) is 6.67 Å². The van der Waals surface area contributed by atoms with E-state index in [1.807, 2.05) is 6.20 Å². The van der Waals surface area contributed by atoms with Gasteiger partial charge in [-0.25, -0.2) is 4.98 Å². The van der Waals surface area contributed by atoms with Crippen molar-refractivity contribution in [2.24, 2.45) is 0 Å². The van der Waals surface area contributed by atoms with Crippen LogP contribution in [0, 0.1) is 13.8 Å². The topological polar surface area (TPSA) is 33.5 Å². The standard InChI is InChI=1S/C56H58N4O/c1-36-27-40(55(6,7)8)28-37(2)53(36)38-25-26-57-52(29-38)60-48-20-13-12-19-46(48)47-24-23-44(34-51(47)60)61-45-32-41(56(9,10)11)31-43(33-45)59-35-58(49-21-14-15-22-50(49)59)42-18-16-17-39(30-42)54(3,4)5/h12-34H,35H2,1-11H3. The van der Waals surface area contributed by atoms with Gasteiger partial charge in [-0.1, -0.05) is 117 Å². The third-order valence-electron chi connectivity index (χ3n) is 12.4. The summed E-state index contributed by atoms with van der Waals surface area (Å²) in [4.78, 5) is 9.85. The van der Waals surface area contributed by atoms with Crippen LogP contribution in [0.4, 0.5) is 22.7 Å². The molecule has 0 amide bonds. The summed E-state index contributed by atoms with van der Waals surface area (Å²) in [5.74, 6) is 2.46. The number of pyridine rings is 1. The molecule has 0 radical (unpaired) electrons. The summed E-state index contributed by atoms with van der Waals surface area (Å²) in [6.07, 6.45) is 1.95. The van der Waals surface area contributed by atoms with Crippen LogP contribution in [0.15, 0.2) is 140 Å². The van der Waals surface area contributed by atoms with Gasteiger partial charge >= 0.3 is 0 Å². The molecular weight excluding hydrogens is 745 g/mol. The van der Waals surface area contributed by atoms with Crippen LogP contribution in [0.2, 0.25) is 0 Å². The molecule has 0 spiro atoms. The van der Waals surface area contributed by atoms with Crippen molar-refractivity contribution in [3.63, 3.8) is 0 Å². The Morgan fingerprint density at radius 2 is 1.10 bits per heavy atom. The first-order valence-corrected chi connectivity index (χ1v) is 21.6. The van der Waals surface area contributed by atoms with Crippen LogP contribution in [0.25, 0.3) is 38.8 Å². The summed E-state index contributed by atoms with van der Waals surface area (Å²) in [6, 6.07) is 48.6. The quantitative estimate of drug-likeness (QED) is 0.168. The lowest BCUT2D eigenvalue weighted by Crippen LogP contribution is -2.25. The summed E-state index contributed by atoms with van der Waals surface area (Å²) >= 11 is 0. The molecule has 0 unspecified atom stereocenters. The summed E-state index contributed by atoms with van der Waals surface area (Å²) in [6.45, 7) is 25.6. The number of para-hydroxylation sites is 3. The number of benzene rings is 6. The van der Waals surface area contributed by atoms with Crippen LogP contribution in [0.3, 0.4) is 0 Å². The molecule has 61 heavy (non-hydrogen) atoms. The van der Waals surface area contributed by atoms with Crippen molar-refractivity contribution in [2.75, 3.05) is 16.5 Å². The molecule has 3 heterocycles. The van der Waals surface area contributed by atoms with Crippen LogP contribution in [-0.4, -0.2) is 16.2 Å². The van der Waals surface area contributed by atoms with Crippen molar-refractivity contribution in [3.8, 4) is 28.4 Å². The second-order valence-corrected chi connectivity index (χ2v) is 20.0. The lowest BCUT2D eigenvalue weighted by molar-refractivity contribution is 0.479. The van der Waals surface area contributed by atoms with Crippen LogP contribution in [-0.2, 0) is 16.2 Å². The summed E-state index contributed by atoms with van der Waals surface area (Å²) < 4.78 is 9.24. The molecule has 1 aliphatic rings. The number of aryl methyl sites for hydroxylation is 2. The van der Waals surface area contributed by atoms with Gasteiger partial charge in [-0.15, -0.1) is 0 Å². The number of nitrogens with zero attached hydrogens (tertiary/aromatic N) is 4. The van der Waals surface area contributed by atoms with Gasteiger partial charge in [0, 0.05) is 40.5 Å². The average molecular weight is 803 g/mol. The fourth-order valence-corrected chi connectivity index (χ4v) is 8.97. The van der Waals surface area contributed by atoms with Crippen molar-refractivity contribution in [1.82, 2.24) is 9.55 Å². The van der Waals surface area contributed by atoms with Crippen molar-refractivity contribution in [2.45, 2.75) is 92.4 Å². The van der Waals surface area contributed by atoms with Crippen molar-refractivity contribution in [3.05, 3.63) is 167 Å². The lowest BCUT2D eigenvalue weighted by atomic mass is 9.83. The number of aromatic nitrogens is 2. The van der Waals surface area contributed by atoms with E-state index in [2.05, 4.69) is 224 Å². The number of fused-ring (bicyclic) bond motifs is 4. The highest BCUT2D eigenvalue weighted by Gasteiger charge is 2.30. The summed E-state index contributed by atoms with van der Waals surface area (Å²) in [7, 11) is 0. The van der Waals surface area contributed by atoms with E-state index in [9.17, 15) is 0 Å². The van der Waals surface area contributed by atoms with Crippen LogP contribution in [0.5, 0.6) is 11.5 Å². The lowest BCUT2D eigenvalue weighted by Gasteiger charge is -2.27. The SMILES string of the molecule is Cc1cc(C(C)(C)C)cc(C)c1-c1ccnc(-n2c3ccccc3c3ccc(Oc4cc(N5CN(c6cccc(C(C)(C)C)c6)c6ccccc65)cc(C(C)(C)C)c4)cc32)c1. The van der Waals surface area contributed by atoms with Gasteiger partial charge < -0.3 is 14.5 Å². The Balaban J connectivity index is 1.12. The Morgan fingerprint density at radius 1 is 0.492 bits per heavy atom. The molecule has 0 N–H and O–H groups in total. The number of rotatable bonds is 6. The number of ether oxygens (including phenoxy) is 1. The van der Waals surface area contributed by atoms with Gasteiger partial charge in [0.2, 0.25) is 0 Å². The Morgan fingerprint density at radius 3 is 1.79 bits per heavy atom. The predicted octanol–water partition coefficient (Wildman–Crippen LogP) is 15.4. The zero-order chi connectivity index (χ0) is 43.0. The Kier molecular flexibility index (Phi) is 9.66. The molecule has 0 fully saturated rings. The summed E-state index contributed by atoms with van der Waals surface area (Å²) in [5, 5.41) is 2.34. The minimum Gasteiger partial charge on any atom is -0.457 e. The number of hydrogen-bond donors (Lipinski definition) is 0. The largest absolute Gasteiger partial charge is 0.457 e. The highest BCUT2D eigenvalue weighted by Crippen LogP contribution is 2.47. The van der Waals surface area contributed by atoms with Gasteiger partial charge in [-0.3, -0.25) is 4.57 Å². The third-order valence-corrected chi connectivity index (χ3v) is 12.4. The van der Waals surface area contributed by atoms with Gasteiger partial charge in [-0.05, 0) is 136 Å². The van der Waals surface area contributed by atoms with Crippen LogP contribution in [0.1, 0.15) is 90.1 Å². The molecule has 0 bridgehead atoms. The van der Waals surface area contributed by atoms with Gasteiger partial charge in [-0.2, -0.15) is 0 Å². The average Bonchev–Trinajstić information content (AvgIpc) is 3.76. The Hall–Kier alpha value is -6.33. The van der Waals surface area contributed by atoms with E-state index in [1.165, 1.54) is 55.8 Å². The minimum absolute atomic E-state index is 0.0529. The van der Waals surface area contributed by atoms with E-state index in [1.54, 1.807) is 0 Å². The third kappa shape index (κ3) is 7.45. The van der Waals surface area contributed by atoms with Crippen molar-refractivity contribution < 1.29 is 4.74 Å².